The molecule has 7 nitrogen and oxygen atoms in total. The average molecular weight is 342 g/mol. The van der Waals surface area contributed by atoms with E-state index in [0.29, 0.717) is 11.3 Å². The Hall–Kier alpha value is -2.96. The van der Waals surface area contributed by atoms with Crippen LogP contribution in [0.4, 0.5) is 4.79 Å². The molecule has 0 aliphatic heterocycles. The molecule has 0 radical (unpaired) electrons. The minimum atomic E-state index is -0.772. The molecule has 25 heavy (non-hydrogen) atoms. The number of carbonyl (C=O) groups excluding carboxylic acids is 2. The van der Waals surface area contributed by atoms with Crippen LogP contribution in [-0.4, -0.2) is 29.3 Å². The Morgan fingerprint density at radius 2 is 2.08 bits per heavy atom. The molecule has 0 saturated heterocycles. The van der Waals surface area contributed by atoms with Gasteiger partial charge < -0.3 is 10.5 Å². The number of aromatic nitrogens is 1. The monoisotopic (exact) mass is 342 g/mol. The van der Waals surface area contributed by atoms with E-state index < -0.39 is 12.0 Å². The van der Waals surface area contributed by atoms with E-state index in [4.69, 9.17) is 10.5 Å². The zero-order valence-electron chi connectivity index (χ0n) is 14.4. The number of nitrogens with zero attached hydrogens (tertiary/aromatic N) is 2. The number of carbonyl (C=O) groups is 2. The van der Waals surface area contributed by atoms with Crippen molar-refractivity contribution in [2.24, 2.45) is 10.8 Å². The van der Waals surface area contributed by atoms with Crippen LogP contribution >= 0.6 is 0 Å². The Kier molecular flexibility index (Phi) is 6.45. The fourth-order valence-corrected chi connectivity index (χ4v) is 2.32. The number of esters is 1. The number of pyridine rings is 1. The van der Waals surface area contributed by atoms with Gasteiger partial charge in [0.15, 0.2) is 0 Å². The van der Waals surface area contributed by atoms with Crippen LogP contribution in [-0.2, 0) is 11.2 Å². The number of primary amides is 1. The van der Waals surface area contributed by atoms with E-state index >= 15 is 0 Å². The summed E-state index contributed by atoms with van der Waals surface area (Å²) in [6.07, 6.45) is 2.87. The van der Waals surface area contributed by atoms with Gasteiger partial charge in [-0.15, -0.1) is 0 Å². The minimum absolute atomic E-state index is 0.0416. The molecular weight excluding hydrogens is 320 g/mol. The number of nitrogens with one attached hydrogen (secondary N) is 1. The maximum absolute atomic E-state index is 12.5. The van der Waals surface area contributed by atoms with Crippen molar-refractivity contribution in [1.82, 2.24) is 10.4 Å². The molecule has 3 N–H and O–H groups in total. The van der Waals surface area contributed by atoms with Crippen LogP contribution in [0.5, 0.6) is 0 Å². The SMILES string of the molecule is CCCCc1cc(C(=O)OC/C(C)=N/NC(N)=O)c2ccccc2n1. The number of rotatable bonds is 7. The fraction of sp³-hybridized carbons (Fsp3) is 0.333. The van der Waals surface area contributed by atoms with E-state index in [-0.39, 0.29) is 6.61 Å². The van der Waals surface area contributed by atoms with Crippen LogP contribution < -0.4 is 11.2 Å². The summed E-state index contributed by atoms with van der Waals surface area (Å²) >= 11 is 0. The molecule has 1 aromatic carbocycles. The van der Waals surface area contributed by atoms with Gasteiger partial charge in [0, 0.05) is 11.1 Å². The van der Waals surface area contributed by atoms with Crippen molar-refractivity contribution in [2.75, 3.05) is 6.61 Å². The van der Waals surface area contributed by atoms with Gasteiger partial charge in [0.25, 0.3) is 0 Å². The summed E-state index contributed by atoms with van der Waals surface area (Å²) in [4.78, 5) is 27.7. The highest BCUT2D eigenvalue weighted by Crippen LogP contribution is 2.20. The van der Waals surface area contributed by atoms with Crippen LogP contribution in [0.3, 0.4) is 0 Å². The molecule has 1 aromatic heterocycles. The molecule has 0 saturated carbocycles. The normalized spacial score (nSPS) is 11.4. The molecule has 0 atom stereocenters. The van der Waals surface area contributed by atoms with Gasteiger partial charge in [-0.25, -0.2) is 15.0 Å². The molecule has 2 rings (SSSR count). The number of hydrogen-bond acceptors (Lipinski definition) is 5. The second kappa shape index (κ2) is 8.77. The highest BCUT2D eigenvalue weighted by atomic mass is 16.5. The summed E-state index contributed by atoms with van der Waals surface area (Å²) in [6.45, 7) is 3.69. The third-order valence-electron chi connectivity index (χ3n) is 3.54. The highest BCUT2D eigenvalue weighted by molar-refractivity contribution is 6.04. The zero-order chi connectivity index (χ0) is 18.2. The molecule has 0 aliphatic rings. The first-order valence-corrected chi connectivity index (χ1v) is 8.15. The van der Waals surface area contributed by atoms with Crippen LogP contribution in [0.2, 0.25) is 0 Å². The highest BCUT2D eigenvalue weighted by Gasteiger charge is 2.14. The van der Waals surface area contributed by atoms with Crippen LogP contribution in [0.25, 0.3) is 10.9 Å². The first-order chi connectivity index (χ1) is 12.0. The third kappa shape index (κ3) is 5.27. The van der Waals surface area contributed by atoms with E-state index in [2.05, 4.69) is 22.4 Å². The van der Waals surface area contributed by atoms with Gasteiger partial charge in [0.05, 0.1) is 16.8 Å². The molecule has 1 heterocycles. The van der Waals surface area contributed by atoms with Gasteiger partial charge in [0.1, 0.15) is 6.61 Å². The largest absolute Gasteiger partial charge is 0.456 e. The number of fused-ring (bicyclic) bond motifs is 1. The lowest BCUT2D eigenvalue weighted by atomic mass is 10.1. The second-order valence-corrected chi connectivity index (χ2v) is 5.68. The quantitative estimate of drug-likeness (QED) is 0.458. The Bertz CT molecular complexity index is 802. The maximum atomic E-state index is 12.5. The number of nitrogens with two attached hydrogens (primary N) is 1. The molecule has 0 aliphatic carbocycles. The first-order valence-electron chi connectivity index (χ1n) is 8.15. The number of hydrogen-bond donors (Lipinski definition) is 2. The molecular formula is C18H22N4O3. The van der Waals surface area contributed by atoms with Gasteiger partial charge in [0.2, 0.25) is 0 Å². The van der Waals surface area contributed by atoms with E-state index in [1.807, 2.05) is 24.3 Å². The van der Waals surface area contributed by atoms with Crippen molar-refractivity contribution in [3.8, 4) is 0 Å². The average Bonchev–Trinajstić information content (AvgIpc) is 2.61. The summed E-state index contributed by atoms with van der Waals surface area (Å²) in [6, 6.07) is 8.49. The third-order valence-corrected chi connectivity index (χ3v) is 3.54. The van der Waals surface area contributed by atoms with Crippen molar-refractivity contribution in [3.05, 3.63) is 41.6 Å². The molecule has 0 unspecified atom stereocenters. The summed E-state index contributed by atoms with van der Waals surface area (Å²) in [5, 5.41) is 4.46. The molecule has 2 aromatic rings. The number of ether oxygens (including phenoxy) is 1. The standard InChI is InChI=1S/C18H22N4O3/c1-3-4-7-13-10-15(14-8-5-6-9-16(14)20-13)17(23)25-11-12(2)21-22-18(19)24/h5-6,8-10H,3-4,7,11H2,1-2H3,(H3,19,22,24)/b21-12+. The summed E-state index contributed by atoms with van der Waals surface area (Å²) in [7, 11) is 0. The number of urea groups is 1. The molecule has 2 amide bonds. The molecule has 7 heteroatoms. The smallest absolute Gasteiger partial charge is 0.339 e. The van der Waals surface area contributed by atoms with Crippen molar-refractivity contribution < 1.29 is 14.3 Å². The first kappa shape index (κ1) is 18.4. The maximum Gasteiger partial charge on any atom is 0.339 e. The van der Waals surface area contributed by atoms with E-state index in [1.165, 1.54) is 0 Å². The summed E-state index contributed by atoms with van der Waals surface area (Å²) in [5.74, 6) is -0.454. The topological polar surface area (TPSA) is 107 Å². The van der Waals surface area contributed by atoms with Gasteiger partial charge in [-0.3, -0.25) is 4.98 Å². The fourth-order valence-electron chi connectivity index (χ4n) is 2.32. The van der Waals surface area contributed by atoms with Gasteiger partial charge in [-0.1, -0.05) is 31.5 Å². The van der Waals surface area contributed by atoms with Crippen molar-refractivity contribution in [2.45, 2.75) is 33.1 Å². The number of hydrazone groups is 1. The number of para-hydroxylation sites is 1. The van der Waals surface area contributed by atoms with Crippen molar-refractivity contribution in [3.63, 3.8) is 0 Å². The Balaban J connectivity index is 2.21. The molecule has 132 valence electrons. The Morgan fingerprint density at radius 1 is 1.32 bits per heavy atom. The Labute approximate surface area is 146 Å². The number of unbranched alkanes of at least 4 members (excludes halogenated alkanes) is 1. The van der Waals surface area contributed by atoms with Gasteiger partial charge >= 0.3 is 12.0 Å². The number of aryl methyl sites for hydroxylation is 1. The number of amides is 2. The lowest BCUT2D eigenvalue weighted by Gasteiger charge is -2.10. The zero-order valence-corrected chi connectivity index (χ0v) is 14.4. The summed E-state index contributed by atoms with van der Waals surface area (Å²) < 4.78 is 5.30. The van der Waals surface area contributed by atoms with E-state index in [9.17, 15) is 9.59 Å². The molecule has 0 bridgehead atoms. The lowest BCUT2D eigenvalue weighted by molar-refractivity contribution is 0.0565. The predicted molar refractivity (Wildman–Crippen MR) is 96.5 cm³/mol. The van der Waals surface area contributed by atoms with Crippen molar-refractivity contribution in [1.29, 1.82) is 0 Å². The molecule has 0 fully saturated rings. The van der Waals surface area contributed by atoms with Crippen LogP contribution in [0, 0.1) is 0 Å². The van der Waals surface area contributed by atoms with E-state index in [0.717, 1.165) is 35.9 Å². The summed E-state index contributed by atoms with van der Waals surface area (Å²) in [5.41, 5.74) is 9.57. The van der Waals surface area contributed by atoms with Gasteiger partial charge in [-0.2, -0.15) is 5.10 Å². The van der Waals surface area contributed by atoms with Crippen LogP contribution in [0.15, 0.2) is 35.4 Å². The molecule has 0 spiro atoms. The second-order valence-electron chi connectivity index (χ2n) is 5.68. The minimum Gasteiger partial charge on any atom is -0.456 e. The number of benzene rings is 1. The predicted octanol–water partition coefficient (Wildman–Crippen LogP) is 2.78. The lowest BCUT2D eigenvalue weighted by Crippen LogP contribution is -2.26. The van der Waals surface area contributed by atoms with E-state index in [1.54, 1.807) is 13.0 Å². The Morgan fingerprint density at radius 3 is 2.80 bits per heavy atom. The van der Waals surface area contributed by atoms with Crippen molar-refractivity contribution >= 4 is 28.6 Å². The van der Waals surface area contributed by atoms with Gasteiger partial charge in [-0.05, 0) is 31.9 Å². The van der Waals surface area contributed by atoms with Crippen LogP contribution in [0.1, 0.15) is 42.7 Å².